The molecule has 1 aromatic heterocycles. The van der Waals surface area contributed by atoms with Gasteiger partial charge in [0.25, 0.3) is 5.91 Å². The summed E-state index contributed by atoms with van der Waals surface area (Å²) in [5.41, 5.74) is -0.326. The quantitative estimate of drug-likeness (QED) is 0.625. The van der Waals surface area contributed by atoms with Crippen molar-refractivity contribution in [1.82, 2.24) is 23.7 Å². The molecule has 2 aliphatic heterocycles. The molecule has 0 saturated carbocycles. The number of nitrogens with one attached hydrogen (secondary N) is 1. The summed E-state index contributed by atoms with van der Waals surface area (Å²) >= 11 is 0. The van der Waals surface area contributed by atoms with Gasteiger partial charge >= 0.3 is 16.4 Å². The Morgan fingerprint density at radius 1 is 1.20 bits per heavy atom. The zero-order chi connectivity index (χ0) is 25.4. The van der Waals surface area contributed by atoms with E-state index < -0.39 is 39.8 Å². The molecular weight excluding hydrogens is 489 g/mol. The van der Waals surface area contributed by atoms with Crippen molar-refractivity contribution in [2.24, 2.45) is 5.92 Å². The first kappa shape index (κ1) is 24.7. The number of aromatic nitrogens is 2. The summed E-state index contributed by atoms with van der Waals surface area (Å²) in [5, 5.41) is 15.3. The Morgan fingerprint density at radius 2 is 1.89 bits per heavy atom. The van der Waals surface area contributed by atoms with Crippen molar-refractivity contribution in [3.05, 3.63) is 53.3 Å². The van der Waals surface area contributed by atoms with Crippen LogP contribution in [0.2, 0.25) is 0 Å². The molecule has 0 bridgehead atoms. The van der Waals surface area contributed by atoms with E-state index in [0.717, 1.165) is 28.8 Å². The van der Waals surface area contributed by atoms with E-state index in [2.05, 4.69) is 10.4 Å². The third kappa shape index (κ3) is 5.01. The Hall–Kier alpha value is -3.44. The predicted molar refractivity (Wildman–Crippen MR) is 115 cm³/mol. The largest absolute Gasteiger partial charge is 0.416 e. The molecule has 0 unspecified atom stereocenters. The number of likely N-dealkylation sites (tertiary alicyclic amines) is 1. The van der Waals surface area contributed by atoms with Gasteiger partial charge in [-0.15, -0.1) is 0 Å². The second kappa shape index (κ2) is 9.31. The fraction of sp³-hybridized carbons (Fsp3) is 0.429. The van der Waals surface area contributed by atoms with Gasteiger partial charge in [-0.3, -0.25) is 9.59 Å². The lowest BCUT2D eigenvalue weighted by atomic mass is 10.1. The van der Waals surface area contributed by atoms with Crippen LogP contribution in [-0.4, -0.2) is 64.3 Å². The lowest BCUT2D eigenvalue weighted by Crippen LogP contribution is -2.51. The minimum Gasteiger partial charge on any atom is -0.350 e. The molecule has 1 N–H and O–H groups in total. The molecule has 2 saturated heterocycles. The normalized spacial score (nSPS) is 19.3. The van der Waals surface area contributed by atoms with Gasteiger partial charge < -0.3 is 10.2 Å². The fourth-order valence-electron chi connectivity index (χ4n) is 3.93. The van der Waals surface area contributed by atoms with Gasteiger partial charge in [0.05, 0.1) is 35.5 Å². The van der Waals surface area contributed by atoms with E-state index in [4.69, 9.17) is 5.26 Å². The van der Waals surface area contributed by atoms with E-state index in [-0.39, 0.29) is 37.7 Å². The lowest BCUT2D eigenvalue weighted by molar-refractivity contribution is -0.137. The number of hydrogen-bond acceptors (Lipinski definition) is 6. The summed E-state index contributed by atoms with van der Waals surface area (Å²) in [5.74, 6) is -1.40. The smallest absolute Gasteiger partial charge is 0.350 e. The fourth-order valence-corrected chi connectivity index (χ4v) is 5.32. The first-order chi connectivity index (χ1) is 16.5. The third-order valence-corrected chi connectivity index (χ3v) is 7.59. The highest BCUT2D eigenvalue weighted by Crippen LogP contribution is 2.29. The highest BCUT2D eigenvalue weighted by Gasteiger charge is 2.39. The zero-order valence-corrected chi connectivity index (χ0v) is 19.1. The SMILES string of the molecule is N#CC1CN(S(=O)(=O)n2cc(C(=O)N3CCC[C@@H]3C(=O)NCc3ccc(C(F)(F)F)cc3)cn2)C1. The molecule has 14 heteroatoms. The molecule has 2 aliphatic rings. The van der Waals surface area contributed by atoms with Crippen LogP contribution in [0.1, 0.15) is 34.3 Å². The highest BCUT2D eigenvalue weighted by atomic mass is 32.2. The van der Waals surface area contributed by atoms with Gasteiger partial charge in [0, 0.05) is 26.2 Å². The van der Waals surface area contributed by atoms with Gasteiger partial charge in [-0.2, -0.15) is 40.3 Å². The number of hydrogen-bond donors (Lipinski definition) is 1. The lowest BCUT2D eigenvalue weighted by Gasteiger charge is -2.33. The molecule has 0 aliphatic carbocycles. The Bertz CT molecular complexity index is 1260. The van der Waals surface area contributed by atoms with E-state index in [0.29, 0.717) is 22.5 Å². The van der Waals surface area contributed by atoms with Crippen LogP contribution in [-0.2, 0) is 27.7 Å². The molecule has 186 valence electrons. The van der Waals surface area contributed by atoms with Crippen molar-refractivity contribution < 1.29 is 31.2 Å². The molecule has 2 amide bonds. The minimum absolute atomic E-state index is 0.00614. The van der Waals surface area contributed by atoms with Crippen LogP contribution in [0.5, 0.6) is 0 Å². The molecular formula is C21H21F3N6O4S. The van der Waals surface area contributed by atoms with Gasteiger partial charge in [0.1, 0.15) is 6.04 Å². The van der Waals surface area contributed by atoms with Crippen LogP contribution < -0.4 is 5.32 Å². The molecule has 10 nitrogen and oxygen atoms in total. The summed E-state index contributed by atoms with van der Waals surface area (Å²) in [6, 6.07) is 5.58. The summed E-state index contributed by atoms with van der Waals surface area (Å²) in [4.78, 5) is 27.0. The van der Waals surface area contributed by atoms with Crippen molar-refractivity contribution in [1.29, 1.82) is 5.26 Å². The molecule has 0 radical (unpaired) electrons. The van der Waals surface area contributed by atoms with Gasteiger partial charge in [0.2, 0.25) is 5.91 Å². The topological polar surface area (TPSA) is 128 Å². The number of carbonyl (C=O) groups is 2. The van der Waals surface area contributed by atoms with E-state index in [1.54, 1.807) is 0 Å². The van der Waals surface area contributed by atoms with Crippen molar-refractivity contribution in [3.63, 3.8) is 0 Å². The number of alkyl halides is 3. The molecule has 2 aromatic rings. The maximum Gasteiger partial charge on any atom is 0.416 e. The molecule has 3 heterocycles. The van der Waals surface area contributed by atoms with Gasteiger partial charge in [-0.25, -0.2) is 0 Å². The maximum absolute atomic E-state index is 13.0. The van der Waals surface area contributed by atoms with Crippen LogP contribution in [0.15, 0.2) is 36.7 Å². The first-order valence-electron chi connectivity index (χ1n) is 10.7. The first-order valence-corrected chi connectivity index (χ1v) is 12.1. The number of rotatable bonds is 6. The van der Waals surface area contributed by atoms with Gasteiger partial charge in [0.15, 0.2) is 0 Å². The van der Waals surface area contributed by atoms with Crippen molar-refractivity contribution in [2.45, 2.75) is 31.6 Å². The summed E-state index contributed by atoms with van der Waals surface area (Å²) in [6.07, 6.45) is -1.32. The molecule has 0 spiro atoms. The third-order valence-electron chi connectivity index (χ3n) is 5.96. The average Bonchev–Trinajstić information content (AvgIpc) is 3.46. The monoisotopic (exact) mass is 510 g/mol. The highest BCUT2D eigenvalue weighted by molar-refractivity contribution is 7.87. The van der Waals surface area contributed by atoms with Gasteiger partial charge in [-0.05, 0) is 30.5 Å². The number of halogens is 3. The van der Waals surface area contributed by atoms with E-state index in [1.807, 2.05) is 6.07 Å². The summed E-state index contributed by atoms with van der Waals surface area (Å²) in [7, 11) is -4.00. The summed E-state index contributed by atoms with van der Waals surface area (Å²) < 4.78 is 65.0. The van der Waals surface area contributed by atoms with E-state index >= 15 is 0 Å². The van der Waals surface area contributed by atoms with Gasteiger partial charge in [-0.1, -0.05) is 12.1 Å². The predicted octanol–water partition coefficient (Wildman–Crippen LogP) is 1.37. The molecule has 2 fully saturated rings. The number of benzene rings is 1. The van der Waals surface area contributed by atoms with Crippen LogP contribution in [0.3, 0.4) is 0 Å². The number of carbonyl (C=O) groups excluding carboxylic acids is 2. The number of amides is 2. The van der Waals surface area contributed by atoms with Crippen molar-refractivity contribution in [3.8, 4) is 6.07 Å². The van der Waals surface area contributed by atoms with Crippen molar-refractivity contribution >= 4 is 22.0 Å². The molecule has 1 atom stereocenters. The Kier molecular flexibility index (Phi) is 6.56. The van der Waals surface area contributed by atoms with Crippen LogP contribution in [0, 0.1) is 17.2 Å². The second-order valence-corrected chi connectivity index (χ2v) is 10.1. The van der Waals surface area contributed by atoms with E-state index in [1.165, 1.54) is 17.0 Å². The molecule has 35 heavy (non-hydrogen) atoms. The maximum atomic E-state index is 13.0. The molecule has 4 rings (SSSR count). The summed E-state index contributed by atoms with van der Waals surface area (Å²) in [6.45, 7) is 0.376. The number of nitriles is 1. The Labute approximate surface area is 199 Å². The standard InChI is InChI=1S/C21H21F3N6O4S/c22-21(23,24)17-5-3-14(4-6-17)9-26-19(31)18-2-1-7-29(18)20(32)16-10-27-30(13-16)35(33,34)28-11-15(8-25)12-28/h3-6,10,13,15,18H,1-2,7,9,11-12H2,(H,26,31)/t18-/m1/s1. The Morgan fingerprint density at radius 3 is 2.51 bits per heavy atom. The zero-order valence-electron chi connectivity index (χ0n) is 18.3. The van der Waals surface area contributed by atoms with Crippen LogP contribution >= 0.6 is 0 Å². The minimum atomic E-state index is -4.45. The van der Waals surface area contributed by atoms with Crippen molar-refractivity contribution in [2.75, 3.05) is 19.6 Å². The van der Waals surface area contributed by atoms with E-state index in [9.17, 15) is 31.2 Å². The average molecular weight is 510 g/mol. The molecule has 1 aromatic carbocycles. The number of nitrogens with zero attached hydrogens (tertiary/aromatic N) is 5. The Balaban J connectivity index is 1.38. The second-order valence-electron chi connectivity index (χ2n) is 8.32. The van der Waals surface area contributed by atoms with Crippen LogP contribution in [0.4, 0.5) is 13.2 Å². The van der Waals surface area contributed by atoms with Crippen LogP contribution in [0.25, 0.3) is 0 Å².